The largest absolute Gasteiger partial charge is 0.457 e. The van der Waals surface area contributed by atoms with E-state index in [1.165, 1.54) is 25.5 Å². The van der Waals surface area contributed by atoms with Crippen molar-refractivity contribution in [2.45, 2.75) is 53.4 Å². The summed E-state index contributed by atoms with van der Waals surface area (Å²) in [4.78, 5) is 16.0. The Morgan fingerprint density at radius 3 is 2.24 bits per heavy atom. The molecular weight excluding hydrogens is 474 g/mol. The number of amides is 1. The summed E-state index contributed by atoms with van der Waals surface area (Å²) in [6, 6.07) is 14.6. The van der Waals surface area contributed by atoms with Crippen LogP contribution < -0.4 is 21.1 Å². The molecule has 0 unspecified atom stereocenters. The lowest BCUT2D eigenvalue weighted by atomic mass is 9.88. The predicted molar refractivity (Wildman–Crippen MR) is 163 cm³/mol. The minimum Gasteiger partial charge on any atom is -0.457 e. The Morgan fingerprint density at radius 2 is 1.74 bits per heavy atom. The van der Waals surface area contributed by atoms with Crippen LogP contribution in [0.2, 0.25) is 0 Å². The van der Waals surface area contributed by atoms with Gasteiger partial charge >= 0.3 is 0 Å². The molecule has 5 N–H and O–H groups in total. The number of carbonyl (C=O) groups is 1. The lowest BCUT2D eigenvalue weighted by Crippen LogP contribution is -2.13. The van der Waals surface area contributed by atoms with Crippen LogP contribution in [0.4, 0.5) is 5.69 Å². The van der Waals surface area contributed by atoms with Crippen molar-refractivity contribution >= 4 is 17.8 Å². The van der Waals surface area contributed by atoms with Crippen LogP contribution in [0.15, 0.2) is 54.7 Å². The molecule has 1 fully saturated rings. The van der Waals surface area contributed by atoms with E-state index in [9.17, 15) is 4.79 Å². The average Bonchev–Trinajstić information content (AvgIpc) is 2.93. The van der Waals surface area contributed by atoms with E-state index in [1.807, 2.05) is 71.3 Å². The first kappa shape index (κ1) is 32.3. The molecule has 0 bridgehead atoms. The van der Waals surface area contributed by atoms with Gasteiger partial charge in [-0.05, 0) is 62.3 Å². The number of primary amides is 1. The lowest BCUT2D eigenvalue weighted by molar-refractivity contribution is 0.0999. The third-order valence-corrected chi connectivity index (χ3v) is 5.86. The van der Waals surface area contributed by atoms with Gasteiger partial charge in [0, 0.05) is 55.4 Å². The first-order chi connectivity index (χ1) is 18.4. The zero-order valence-electron chi connectivity index (χ0n) is 24.0. The van der Waals surface area contributed by atoms with Gasteiger partial charge in [0.05, 0.1) is 5.69 Å². The monoisotopic (exact) mass is 521 g/mol. The Labute approximate surface area is 230 Å². The smallest absolute Gasteiger partial charge is 0.248 e. The maximum Gasteiger partial charge on any atom is 0.248 e. The zero-order chi connectivity index (χ0) is 28.5. The van der Waals surface area contributed by atoms with Gasteiger partial charge in [-0.3, -0.25) is 9.78 Å². The third kappa shape index (κ3) is 9.98. The number of aromatic nitrogens is 1. The molecule has 1 saturated carbocycles. The fourth-order valence-corrected chi connectivity index (χ4v) is 3.61. The van der Waals surface area contributed by atoms with Crippen LogP contribution in [0.1, 0.15) is 69.9 Å². The van der Waals surface area contributed by atoms with E-state index in [-0.39, 0.29) is 1.43 Å². The number of benzene rings is 2. The molecule has 1 aliphatic rings. The van der Waals surface area contributed by atoms with E-state index in [2.05, 4.69) is 22.5 Å². The lowest BCUT2D eigenvalue weighted by Gasteiger charge is -2.18. The summed E-state index contributed by atoms with van der Waals surface area (Å²) in [6.45, 7) is 8.29. The molecule has 0 atom stereocenters. The summed E-state index contributed by atoms with van der Waals surface area (Å²) < 4.78 is 5.97. The van der Waals surface area contributed by atoms with Crippen molar-refractivity contribution in [3.8, 4) is 22.8 Å². The number of carbonyl (C=O) groups excluding carboxylic acids is 1. The summed E-state index contributed by atoms with van der Waals surface area (Å²) in [5.74, 6) is 1.94. The van der Waals surface area contributed by atoms with Crippen molar-refractivity contribution in [1.82, 2.24) is 10.3 Å². The number of nitrogens with two attached hydrogens (primary N) is 1. The molecule has 0 saturated heterocycles. The van der Waals surface area contributed by atoms with Crippen LogP contribution >= 0.6 is 0 Å². The second kappa shape index (κ2) is 17.7. The fourth-order valence-electron chi connectivity index (χ4n) is 3.61. The van der Waals surface area contributed by atoms with Gasteiger partial charge in [-0.1, -0.05) is 53.0 Å². The van der Waals surface area contributed by atoms with Crippen molar-refractivity contribution in [2.24, 2.45) is 11.7 Å². The van der Waals surface area contributed by atoms with Crippen LogP contribution in [0.25, 0.3) is 11.3 Å². The Bertz CT molecular complexity index is 1150. The summed E-state index contributed by atoms with van der Waals surface area (Å²) >= 11 is 0. The van der Waals surface area contributed by atoms with Crippen LogP contribution in [0, 0.1) is 11.3 Å². The minimum absolute atomic E-state index is 0. The molecule has 7 heteroatoms. The normalized spacial score (nSPS) is 11.7. The summed E-state index contributed by atoms with van der Waals surface area (Å²) in [7, 11) is 5.55. The standard InChI is InChI=1S/C22H22N4O2.C5H10.C2H7N.C2H6.H2/c1-3-14-10-15(5-7-19(14)22(24)27)21-12-18(8-9-26-21)28-17-6-4-16(13-23)20(11-17)25-2;1-5-3-2-4-5;1-3-2;1-2;/h4-13,23,25H,3H2,1-2H3,(H2,24,27);5H,2-4H2,1H3;3H,1-2H3;1-2H3;1H. The predicted octanol–water partition coefficient (Wildman–Crippen LogP) is 7.16. The number of nitrogens with zero attached hydrogens (tertiary/aromatic N) is 1. The first-order valence-electron chi connectivity index (χ1n) is 13.3. The minimum atomic E-state index is -0.429. The molecule has 7 nitrogen and oxygen atoms in total. The molecule has 1 aliphatic carbocycles. The summed E-state index contributed by atoms with van der Waals surface area (Å²) in [5, 5.41) is 13.2. The molecule has 0 radical (unpaired) electrons. The van der Waals surface area contributed by atoms with Crippen molar-refractivity contribution < 1.29 is 11.0 Å². The first-order valence-corrected chi connectivity index (χ1v) is 13.3. The SMILES string of the molecule is CC.CC1CCC1.CCc1cc(-c2cc(Oc3ccc(C=N)c(NC)c3)ccn2)ccc1C(N)=O.CNC.[HH]. The molecule has 1 aromatic heterocycles. The van der Waals surface area contributed by atoms with Crippen LogP contribution in [0.5, 0.6) is 11.5 Å². The number of hydrogen-bond acceptors (Lipinski definition) is 6. The topological polar surface area (TPSA) is 113 Å². The van der Waals surface area contributed by atoms with E-state index >= 15 is 0 Å². The Balaban J connectivity index is 0.00000112. The van der Waals surface area contributed by atoms with Gasteiger partial charge in [-0.2, -0.15) is 0 Å². The highest BCUT2D eigenvalue weighted by Crippen LogP contribution is 2.29. The van der Waals surface area contributed by atoms with E-state index in [1.54, 1.807) is 25.4 Å². The van der Waals surface area contributed by atoms with E-state index in [0.717, 1.165) is 34.0 Å². The highest BCUT2D eigenvalue weighted by Gasteiger charge is 2.11. The van der Waals surface area contributed by atoms with E-state index < -0.39 is 5.91 Å². The van der Waals surface area contributed by atoms with Gasteiger partial charge in [-0.25, -0.2) is 0 Å². The Hall–Kier alpha value is -3.71. The average molecular weight is 522 g/mol. The summed E-state index contributed by atoms with van der Waals surface area (Å²) in [5.41, 5.74) is 10.1. The molecule has 1 heterocycles. The van der Waals surface area contributed by atoms with Gasteiger partial charge in [0.25, 0.3) is 0 Å². The van der Waals surface area contributed by atoms with Crippen molar-refractivity contribution in [1.29, 1.82) is 5.41 Å². The van der Waals surface area contributed by atoms with Crippen LogP contribution in [-0.2, 0) is 6.42 Å². The maximum atomic E-state index is 11.6. The zero-order valence-corrected chi connectivity index (χ0v) is 24.0. The maximum absolute atomic E-state index is 11.6. The molecule has 38 heavy (non-hydrogen) atoms. The molecule has 0 spiro atoms. The number of anilines is 1. The molecule has 1 amide bonds. The highest BCUT2D eigenvalue weighted by atomic mass is 16.5. The third-order valence-electron chi connectivity index (χ3n) is 5.86. The number of ether oxygens (including phenoxy) is 1. The Kier molecular flexibility index (Phi) is 15.0. The Morgan fingerprint density at radius 1 is 1.11 bits per heavy atom. The van der Waals surface area contributed by atoms with Crippen molar-refractivity contribution in [3.05, 3.63) is 71.4 Å². The van der Waals surface area contributed by atoms with Gasteiger partial charge in [0.15, 0.2) is 0 Å². The van der Waals surface area contributed by atoms with Gasteiger partial charge < -0.3 is 26.5 Å². The number of hydrogen-bond donors (Lipinski definition) is 4. The van der Waals surface area contributed by atoms with Gasteiger partial charge in [0.1, 0.15) is 11.5 Å². The summed E-state index contributed by atoms with van der Waals surface area (Å²) in [6.07, 6.45) is 8.14. The molecular formula is C31H47N5O2. The molecule has 2 aromatic carbocycles. The van der Waals surface area contributed by atoms with Gasteiger partial charge in [0.2, 0.25) is 5.91 Å². The van der Waals surface area contributed by atoms with Crippen molar-refractivity contribution in [3.63, 3.8) is 0 Å². The quantitative estimate of drug-likeness (QED) is 0.246. The number of rotatable bonds is 7. The van der Waals surface area contributed by atoms with E-state index in [0.29, 0.717) is 23.5 Å². The van der Waals surface area contributed by atoms with Crippen LogP contribution in [0.3, 0.4) is 0 Å². The second-order valence-corrected chi connectivity index (χ2v) is 8.75. The van der Waals surface area contributed by atoms with Crippen LogP contribution in [-0.4, -0.2) is 38.2 Å². The number of nitrogens with one attached hydrogen (secondary N) is 3. The number of pyridine rings is 1. The molecule has 0 aliphatic heterocycles. The van der Waals surface area contributed by atoms with Crippen molar-refractivity contribution in [2.75, 3.05) is 26.5 Å². The van der Waals surface area contributed by atoms with Gasteiger partial charge in [-0.15, -0.1) is 0 Å². The highest BCUT2D eigenvalue weighted by molar-refractivity contribution is 5.95. The second-order valence-electron chi connectivity index (χ2n) is 8.75. The van der Waals surface area contributed by atoms with E-state index in [4.69, 9.17) is 15.9 Å². The number of aryl methyl sites for hydroxylation is 1. The molecule has 208 valence electrons. The molecule has 3 aromatic rings. The molecule has 4 rings (SSSR count). The fraction of sp³-hybridized carbons (Fsp3) is 0.387.